The fraction of sp³-hybridized carbons (Fsp3) is 0.258. The van der Waals surface area contributed by atoms with Gasteiger partial charge in [0.25, 0.3) is 0 Å². The minimum Gasteiger partial charge on any atom is -0.463 e. The van der Waals surface area contributed by atoms with E-state index in [2.05, 4.69) is 10.6 Å². The topological polar surface area (TPSA) is 87.7 Å². The van der Waals surface area contributed by atoms with E-state index in [1.165, 1.54) is 0 Å². The van der Waals surface area contributed by atoms with Crippen LogP contribution in [-0.4, -0.2) is 36.0 Å². The predicted molar refractivity (Wildman–Crippen MR) is 147 cm³/mol. The quantitative estimate of drug-likeness (QED) is 0.357. The Morgan fingerprint density at radius 2 is 1.50 bits per heavy atom. The summed E-state index contributed by atoms with van der Waals surface area (Å²) in [6.07, 6.45) is 0.757. The van der Waals surface area contributed by atoms with Crippen LogP contribution in [0.25, 0.3) is 0 Å². The van der Waals surface area contributed by atoms with Gasteiger partial charge in [0.2, 0.25) is 5.91 Å². The number of allylic oxidation sites excluding steroid dienone is 1. The number of anilines is 1. The Hall–Kier alpha value is -4.39. The molecular formula is C31H33N3O4. The molecule has 38 heavy (non-hydrogen) atoms. The van der Waals surface area contributed by atoms with Crippen LogP contribution in [0.1, 0.15) is 55.8 Å². The van der Waals surface area contributed by atoms with Crippen molar-refractivity contribution in [3.05, 3.63) is 113 Å². The molecule has 7 nitrogen and oxygen atoms in total. The molecule has 0 saturated heterocycles. The van der Waals surface area contributed by atoms with Crippen molar-refractivity contribution in [2.75, 3.05) is 18.5 Å². The van der Waals surface area contributed by atoms with Gasteiger partial charge in [-0.15, -0.1) is 0 Å². The predicted octanol–water partition coefficient (Wildman–Crippen LogP) is 5.77. The Morgan fingerprint density at radius 3 is 2.03 bits per heavy atom. The number of nitrogens with zero attached hydrogens (tertiary/aromatic N) is 1. The van der Waals surface area contributed by atoms with E-state index in [1.807, 2.05) is 79.7 Å². The Kier molecular flexibility index (Phi) is 8.58. The molecule has 0 saturated carbocycles. The maximum atomic E-state index is 13.5. The Bertz CT molecular complexity index is 1260. The summed E-state index contributed by atoms with van der Waals surface area (Å²) in [5.41, 5.74) is 4.12. The van der Waals surface area contributed by atoms with E-state index in [0.29, 0.717) is 23.5 Å². The van der Waals surface area contributed by atoms with Crippen LogP contribution in [0.5, 0.6) is 0 Å². The number of benzene rings is 3. The molecule has 1 aliphatic heterocycles. The first-order chi connectivity index (χ1) is 18.4. The summed E-state index contributed by atoms with van der Waals surface area (Å²) in [5, 5.41) is 5.98. The molecule has 196 valence electrons. The van der Waals surface area contributed by atoms with Crippen LogP contribution >= 0.6 is 0 Å². The van der Waals surface area contributed by atoms with Crippen molar-refractivity contribution in [1.29, 1.82) is 0 Å². The summed E-state index contributed by atoms with van der Waals surface area (Å²) in [6, 6.07) is 25.6. The van der Waals surface area contributed by atoms with Gasteiger partial charge in [0, 0.05) is 17.9 Å². The fourth-order valence-electron chi connectivity index (χ4n) is 4.76. The van der Waals surface area contributed by atoms with Gasteiger partial charge in [-0.2, -0.15) is 0 Å². The van der Waals surface area contributed by atoms with Crippen LogP contribution in [0.3, 0.4) is 0 Å². The molecule has 1 heterocycles. The van der Waals surface area contributed by atoms with Crippen molar-refractivity contribution in [2.45, 2.75) is 39.2 Å². The first kappa shape index (κ1) is 26.7. The molecule has 0 aromatic heterocycles. The number of esters is 1. The van der Waals surface area contributed by atoms with E-state index in [1.54, 1.807) is 30.9 Å². The monoisotopic (exact) mass is 511 g/mol. The van der Waals surface area contributed by atoms with Gasteiger partial charge in [0.15, 0.2) is 0 Å². The van der Waals surface area contributed by atoms with E-state index in [-0.39, 0.29) is 18.5 Å². The standard InChI is InChI=1S/C31H33N3O4/c1-4-20-34-21(3)26(30(36)38-5-2)28(33-31(34)37)24-16-18-25(19-17-24)32-29(35)27(22-12-8-6-9-13-22)23-14-10-7-11-15-23/h6-19,27-28H,4-5,20H2,1-3H3,(H,32,35)(H,33,37). The molecule has 1 unspecified atom stereocenters. The van der Waals surface area contributed by atoms with Gasteiger partial charge in [0.1, 0.15) is 0 Å². The van der Waals surface area contributed by atoms with E-state index < -0.39 is 17.9 Å². The molecule has 0 aliphatic carbocycles. The lowest BCUT2D eigenvalue weighted by molar-refractivity contribution is -0.139. The van der Waals surface area contributed by atoms with Gasteiger partial charge in [-0.1, -0.05) is 79.7 Å². The number of urea groups is 1. The lowest BCUT2D eigenvalue weighted by atomic mass is 9.90. The third-order valence-corrected chi connectivity index (χ3v) is 6.58. The highest BCUT2D eigenvalue weighted by Crippen LogP contribution is 2.32. The van der Waals surface area contributed by atoms with Gasteiger partial charge < -0.3 is 15.4 Å². The minimum absolute atomic E-state index is 0.153. The molecular weight excluding hydrogens is 478 g/mol. The van der Waals surface area contributed by atoms with Crippen LogP contribution in [0.15, 0.2) is 96.2 Å². The highest BCUT2D eigenvalue weighted by Gasteiger charge is 2.36. The van der Waals surface area contributed by atoms with Crippen LogP contribution in [0.2, 0.25) is 0 Å². The maximum Gasteiger partial charge on any atom is 0.338 e. The third kappa shape index (κ3) is 5.78. The molecule has 3 amide bonds. The zero-order chi connectivity index (χ0) is 27.1. The number of nitrogens with one attached hydrogen (secondary N) is 2. The van der Waals surface area contributed by atoms with Crippen LogP contribution in [0, 0.1) is 0 Å². The second kappa shape index (κ2) is 12.2. The minimum atomic E-state index is -0.652. The number of ether oxygens (including phenoxy) is 1. The van der Waals surface area contributed by atoms with Gasteiger partial charge in [0.05, 0.1) is 24.1 Å². The van der Waals surface area contributed by atoms with Gasteiger partial charge in [-0.05, 0) is 49.1 Å². The van der Waals surface area contributed by atoms with E-state index in [0.717, 1.165) is 23.1 Å². The van der Waals surface area contributed by atoms with E-state index in [4.69, 9.17) is 4.74 Å². The first-order valence-electron chi connectivity index (χ1n) is 12.9. The molecule has 1 atom stereocenters. The van der Waals surface area contributed by atoms with E-state index in [9.17, 15) is 14.4 Å². The van der Waals surface area contributed by atoms with Gasteiger partial charge in [-0.25, -0.2) is 9.59 Å². The largest absolute Gasteiger partial charge is 0.463 e. The van der Waals surface area contributed by atoms with Crippen molar-refractivity contribution >= 4 is 23.6 Å². The molecule has 4 rings (SSSR count). The zero-order valence-corrected chi connectivity index (χ0v) is 21.9. The van der Waals surface area contributed by atoms with Gasteiger partial charge in [-0.3, -0.25) is 9.69 Å². The SMILES string of the molecule is CCCN1C(=O)NC(c2ccc(NC(=O)C(c3ccccc3)c3ccccc3)cc2)C(C(=O)OCC)=C1C. The molecule has 0 fully saturated rings. The van der Waals surface area contributed by atoms with Crippen LogP contribution < -0.4 is 10.6 Å². The molecule has 0 radical (unpaired) electrons. The third-order valence-electron chi connectivity index (χ3n) is 6.58. The molecule has 0 bridgehead atoms. The Morgan fingerprint density at radius 1 is 0.921 bits per heavy atom. The summed E-state index contributed by atoms with van der Waals surface area (Å²) >= 11 is 0. The number of hydrogen-bond donors (Lipinski definition) is 2. The summed E-state index contributed by atoms with van der Waals surface area (Å²) in [4.78, 5) is 40.8. The normalized spacial score (nSPS) is 15.3. The fourth-order valence-corrected chi connectivity index (χ4v) is 4.76. The van der Waals surface area contributed by atoms with Crippen molar-refractivity contribution in [1.82, 2.24) is 10.2 Å². The van der Waals surface area contributed by atoms with E-state index >= 15 is 0 Å². The summed E-state index contributed by atoms with van der Waals surface area (Å²) in [6.45, 7) is 6.24. The van der Waals surface area contributed by atoms with Crippen LogP contribution in [0.4, 0.5) is 10.5 Å². The number of amides is 3. The second-order valence-corrected chi connectivity index (χ2v) is 9.12. The summed E-state index contributed by atoms with van der Waals surface area (Å²) in [5.74, 6) is -1.08. The molecule has 2 N–H and O–H groups in total. The van der Waals surface area contributed by atoms with Crippen LogP contribution in [-0.2, 0) is 14.3 Å². The molecule has 3 aromatic rings. The summed E-state index contributed by atoms with van der Waals surface area (Å²) in [7, 11) is 0. The number of carbonyl (C=O) groups is 3. The highest BCUT2D eigenvalue weighted by atomic mass is 16.5. The van der Waals surface area contributed by atoms with Gasteiger partial charge >= 0.3 is 12.0 Å². The first-order valence-corrected chi connectivity index (χ1v) is 12.9. The number of hydrogen-bond acceptors (Lipinski definition) is 4. The van der Waals surface area contributed by atoms with Crippen molar-refractivity contribution in [3.63, 3.8) is 0 Å². The molecule has 7 heteroatoms. The highest BCUT2D eigenvalue weighted by molar-refractivity contribution is 5.98. The van der Waals surface area contributed by atoms with Crippen molar-refractivity contribution in [2.24, 2.45) is 0 Å². The number of carbonyl (C=O) groups excluding carboxylic acids is 3. The smallest absolute Gasteiger partial charge is 0.338 e. The lowest BCUT2D eigenvalue weighted by Crippen LogP contribution is -2.48. The molecule has 3 aromatic carbocycles. The van der Waals surface area contributed by atoms with Crippen molar-refractivity contribution < 1.29 is 19.1 Å². The molecule has 0 spiro atoms. The Balaban J connectivity index is 1.60. The average Bonchev–Trinajstić information content (AvgIpc) is 2.92. The number of rotatable bonds is 9. The maximum absolute atomic E-state index is 13.5. The Labute approximate surface area is 223 Å². The average molecular weight is 512 g/mol. The zero-order valence-electron chi connectivity index (χ0n) is 21.9. The molecule has 1 aliphatic rings. The van der Waals surface area contributed by atoms with Crippen molar-refractivity contribution in [3.8, 4) is 0 Å². The summed E-state index contributed by atoms with van der Waals surface area (Å²) < 4.78 is 5.32. The second-order valence-electron chi connectivity index (χ2n) is 9.12. The lowest BCUT2D eigenvalue weighted by Gasteiger charge is -2.35.